The molecule has 0 radical (unpaired) electrons. The summed E-state index contributed by atoms with van der Waals surface area (Å²) in [6.07, 6.45) is 1.72. The third-order valence-electron chi connectivity index (χ3n) is 2.23. The Bertz CT molecular complexity index is 613. The minimum absolute atomic E-state index is 0.653. The lowest BCUT2D eigenvalue weighted by atomic mass is 10.2. The van der Waals surface area contributed by atoms with Gasteiger partial charge in [-0.2, -0.15) is 0 Å². The largest absolute Gasteiger partial charge is 0.436 e. The molecule has 14 heavy (non-hydrogen) atoms. The van der Waals surface area contributed by atoms with Gasteiger partial charge in [0, 0.05) is 11.9 Å². The molecular formula is C11H8N2O. The monoisotopic (exact) mass is 184 g/mol. The van der Waals surface area contributed by atoms with Crippen LogP contribution in [0, 0.1) is 6.92 Å². The molecule has 0 aliphatic rings. The quantitative estimate of drug-likeness (QED) is 0.539. The first-order chi connectivity index (χ1) is 6.84. The van der Waals surface area contributed by atoms with E-state index in [2.05, 4.69) is 9.97 Å². The topological polar surface area (TPSA) is 38.9 Å². The van der Waals surface area contributed by atoms with E-state index in [1.807, 2.05) is 31.2 Å². The van der Waals surface area contributed by atoms with Crippen molar-refractivity contribution in [1.29, 1.82) is 0 Å². The van der Waals surface area contributed by atoms with Crippen LogP contribution in [-0.4, -0.2) is 9.97 Å². The molecule has 0 amide bonds. The van der Waals surface area contributed by atoms with Gasteiger partial charge in [0.05, 0.1) is 5.39 Å². The average molecular weight is 184 g/mol. The fourth-order valence-corrected chi connectivity index (χ4v) is 1.58. The Balaban J connectivity index is 2.58. The summed E-state index contributed by atoms with van der Waals surface area (Å²) in [6, 6.07) is 7.73. The van der Waals surface area contributed by atoms with Gasteiger partial charge in [0.1, 0.15) is 5.52 Å². The minimum Gasteiger partial charge on any atom is -0.436 e. The summed E-state index contributed by atoms with van der Waals surface area (Å²) >= 11 is 0. The Morgan fingerprint density at radius 3 is 3.07 bits per heavy atom. The van der Waals surface area contributed by atoms with Crippen molar-refractivity contribution >= 4 is 22.2 Å². The third-order valence-corrected chi connectivity index (χ3v) is 2.23. The van der Waals surface area contributed by atoms with Crippen molar-refractivity contribution in [3.8, 4) is 0 Å². The van der Waals surface area contributed by atoms with E-state index in [9.17, 15) is 0 Å². The molecule has 0 aliphatic carbocycles. The highest BCUT2D eigenvalue weighted by Crippen LogP contribution is 2.24. The molecule has 0 bridgehead atoms. The van der Waals surface area contributed by atoms with Crippen LogP contribution in [0.2, 0.25) is 0 Å². The summed E-state index contributed by atoms with van der Waals surface area (Å²) in [6.45, 7) is 1.97. The standard InChI is InChI=1S/C11H8N2O/c1-7-4-5-9-10(13-7)8-3-2-6-12-11(8)14-9/h2-6H,1H3. The molecule has 0 fully saturated rings. The van der Waals surface area contributed by atoms with Crippen LogP contribution in [0.1, 0.15) is 5.69 Å². The zero-order valence-corrected chi connectivity index (χ0v) is 7.69. The number of aromatic nitrogens is 2. The van der Waals surface area contributed by atoms with E-state index in [-0.39, 0.29) is 0 Å². The first kappa shape index (κ1) is 7.50. The Hall–Kier alpha value is -1.90. The Kier molecular flexibility index (Phi) is 1.36. The predicted molar refractivity (Wildman–Crippen MR) is 54.0 cm³/mol. The SMILES string of the molecule is Cc1ccc2oc3ncccc3c2n1. The first-order valence-electron chi connectivity index (χ1n) is 4.45. The van der Waals surface area contributed by atoms with Crippen molar-refractivity contribution in [1.82, 2.24) is 9.97 Å². The fourth-order valence-electron chi connectivity index (χ4n) is 1.58. The van der Waals surface area contributed by atoms with Crippen LogP contribution in [0.5, 0.6) is 0 Å². The molecule has 68 valence electrons. The molecule has 0 spiro atoms. The molecule has 0 aliphatic heterocycles. The number of hydrogen-bond acceptors (Lipinski definition) is 3. The average Bonchev–Trinajstić information content (AvgIpc) is 2.56. The van der Waals surface area contributed by atoms with Crippen molar-refractivity contribution in [3.05, 3.63) is 36.2 Å². The maximum absolute atomic E-state index is 5.53. The normalized spacial score (nSPS) is 11.2. The third kappa shape index (κ3) is 0.923. The van der Waals surface area contributed by atoms with Crippen molar-refractivity contribution < 1.29 is 4.42 Å². The van der Waals surface area contributed by atoms with Crippen LogP contribution in [0.25, 0.3) is 22.2 Å². The lowest BCUT2D eigenvalue weighted by Crippen LogP contribution is -1.78. The smallest absolute Gasteiger partial charge is 0.228 e. The van der Waals surface area contributed by atoms with Crippen LogP contribution in [0.15, 0.2) is 34.9 Å². The molecule has 3 nitrogen and oxygen atoms in total. The van der Waals surface area contributed by atoms with Crippen LogP contribution in [0.3, 0.4) is 0 Å². The summed E-state index contributed by atoms with van der Waals surface area (Å²) in [7, 11) is 0. The number of nitrogens with zero attached hydrogens (tertiary/aromatic N) is 2. The molecule has 3 aromatic heterocycles. The highest BCUT2D eigenvalue weighted by Gasteiger charge is 2.07. The van der Waals surface area contributed by atoms with Crippen molar-refractivity contribution in [3.63, 3.8) is 0 Å². The van der Waals surface area contributed by atoms with Gasteiger partial charge in [-0.05, 0) is 31.2 Å². The number of pyridine rings is 2. The number of fused-ring (bicyclic) bond motifs is 3. The summed E-state index contributed by atoms with van der Waals surface area (Å²) in [5.74, 6) is 0. The second-order valence-electron chi connectivity index (χ2n) is 3.26. The molecule has 0 N–H and O–H groups in total. The zero-order chi connectivity index (χ0) is 9.54. The Morgan fingerprint density at radius 2 is 2.14 bits per heavy atom. The molecular weight excluding hydrogens is 176 g/mol. The number of furan rings is 1. The molecule has 3 heterocycles. The molecule has 3 heteroatoms. The van der Waals surface area contributed by atoms with Gasteiger partial charge in [-0.3, -0.25) is 0 Å². The minimum atomic E-state index is 0.653. The lowest BCUT2D eigenvalue weighted by Gasteiger charge is -1.89. The summed E-state index contributed by atoms with van der Waals surface area (Å²) in [5.41, 5.74) is 3.34. The predicted octanol–water partition coefficient (Wildman–Crippen LogP) is 2.68. The first-order valence-corrected chi connectivity index (χ1v) is 4.45. The van der Waals surface area contributed by atoms with Gasteiger partial charge >= 0.3 is 0 Å². The van der Waals surface area contributed by atoms with Gasteiger partial charge in [0.15, 0.2) is 5.58 Å². The van der Waals surface area contributed by atoms with Gasteiger partial charge in [-0.1, -0.05) is 0 Å². The maximum atomic E-state index is 5.53. The van der Waals surface area contributed by atoms with E-state index in [1.165, 1.54) is 0 Å². The van der Waals surface area contributed by atoms with Crippen molar-refractivity contribution in [2.45, 2.75) is 6.92 Å². The van der Waals surface area contributed by atoms with E-state index >= 15 is 0 Å². The van der Waals surface area contributed by atoms with E-state index < -0.39 is 0 Å². The lowest BCUT2D eigenvalue weighted by molar-refractivity contribution is 0.653. The maximum Gasteiger partial charge on any atom is 0.228 e. The molecule has 3 rings (SSSR count). The van der Waals surface area contributed by atoms with Gasteiger partial charge in [-0.25, -0.2) is 9.97 Å². The number of hydrogen-bond donors (Lipinski definition) is 0. The van der Waals surface area contributed by atoms with Gasteiger partial charge < -0.3 is 4.42 Å². The Morgan fingerprint density at radius 1 is 1.21 bits per heavy atom. The highest BCUT2D eigenvalue weighted by molar-refractivity contribution is 6.00. The van der Waals surface area contributed by atoms with Crippen LogP contribution < -0.4 is 0 Å². The molecule has 0 aromatic carbocycles. The molecule has 0 saturated carbocycles. The van der Waals surface area contributed by atoms with Crippen LogP contribution in [0.4, 0.5) is 0 Å². The summed E-state index contributed by atoms with van der Waals surface area (Å²) in [4.78, 5) is 8.57. The van der Waals surface area contributed by atoms with Crippen molar-refractivity contribution in [2.24, 2.45) is 0 Å². The van der Waals surface area contributed by atoms with E-state index in [0.29, 0.717) is 5.71 Å². The molecule has 0 unspecified atom stereocenters. The second kappa shape index (κ2) is 2.54. The molecule has 3 aromatic rings. The van der Waals surface area contributed by atoms with Gasteiger partial charge in [0.2, 0.25) is 5.71 Å². The van der Waals surface area contributed by atoms with E-state index in [1.54, 1.807) is 6.20 Å². The highest BCUT2D eigenvalue weighted by atomic mass is 16.3. The fraction of sp³-hybridized carbons (Fsp3) is 0.0909. The van der Waals surface area contributed by atoms with Crippen LogP contribution in [-0.2, 0) is 0 Å². The van der Waals surface area contributed by atoms with Crippen LogP contribution >= 0.6 is 0 Å². The van der Waals surface area contributed by atoms with Crippen molar-refractivity contribution in [2.75, 3.05) is 0 Å². The van der Waals surface area contributed by atoms with Gasteiger partial charge in [-0.15, -0.1) is 0 Å². The number of aryl methyl sites for hydroxylation is 1. The zero-order valence-electron chi connectivity index (χ0n) is 7.69. The van der Waals surface area contributed by atoms with E-state index in [0.717, 1.165) is 22.2 Å². The molecule has 0 atom stereocenters. The second-order valence-corrected chi connectivity index (χ2v) is 3.26. The summed E-state index contributed by atoms with van der Waals surface area (Å²) in [5, 5.41) is 0.978. The summed E-state index contributed by atoms with van der Waals surface area (Å²) < 4.78 is 5.53. The number of rotatable bonds is 0. The Labute approximate surface area is 80.4 Å². The van der Waals surface area contributed by atoms with Gasteiger partial charge in [0.25, 0.3) is 0 Å². The molecule has 0 saturated heterocycles. The van der Waals surface area contributed by atoms with E-state index in [4.69, 9.17) is 4.42 Å².